The van der Waals surface area contributed by atoms with Crippen LogP contribution in [0.5, 0.6) is 0 Å². The Kier molecular flexibility index (Phi) is 5.38. The molecule has 152 valence electrons. The van der Waals surface area contributed by atoms with Crippen molar-refractivity contribution in [3.8, 4) is 0 Å². The van der Waals surface area contributed by atoms with Gasteiger partial charge in [-0.05, 0) is 37.1 Å². The van der Waals surface area contributed by atoms with Crippen LogP contribution in [-0.2, 0) is 10.0 Å². The van der Waals surface area contributed by atoms with Crippen LogP contribution < -0.4 is 10.2 Å². The van der Waals surface area contributed by atoms with Gasteiger partial charge in [-0.1, -0.05) is 19.9 Å². The Morgan fingerprint density at radius 3 is 2.62 bits per heavy atom. The summed E-state index contributed by atoms with van der Waals surface area (Å²) in [7, 11) is -3.93. The highest BCUT2D eigenvalue weighted by Gasteiger charge is 2.30. The number of nitrogens with one attached hydrogen (secondary N) is 1. The van der Waals surface area contributed by atoms with Crippen molar-refractivity contribution in [2.45, 2.75) is 25.7 Å². The molecule has 3 rings (SSSR count). The Labute approximate surface area is 168 Å². The largest absolute Gasteiger partial charge is 0.328 e. The summed E-state index contributed by atoms with van der Waals surface area (Å²) >= 11 is 0. The summed E-state index contributed by atoms with van der Waals surface area (Å²) in [6.45, 7) is 6.23. The maximum atomic E-state index is 12.6. The number of hydrogen-bond donors (Lipinski definition) is 1. The molecule has 0 fully saturated rings. The molecule has 1 aliphatic heterocycles. The first-order valence-electron chi connectivity index (χ1n) is 8.87. The van der Waals surface area contributed by atoms with Crippen LogP contribution >= 0.6 is 0 Å². The first-order chi connectivity index (χ1) is 13.6. The summed E-state index contributed by atoms with van der Waals surface area (Å²) in [6, 6.07) is 9.88. The van der Waals surface area contributed by atoms with E-state index in [-0.39, 0.29) is 27.8 Å². The molecule has 1 amide bonds. The van der Waals surface area contributed by atoms with Crippen LogP contribution in [0.15, 0.2) is 51.8 Å². The van der Waals surface area contributed by atoms with Crippen molar-refractivity contribution < 1.29 is 18.1 Å². The van der Waals surface area contributed by atoms with Crippen LogP contribution in [0.3, 0.4) is 0 Å². The van der Waals surface area contributed by atoms with Gasteiger partial charge in [-0.25, -0.2) is 0 Å². The third-order valence-electron chi connectivity index (χ3n) is 4.30. The average Bonchev–Trinajstić information content (AvgIpc) is 2.64. The number of nitro groups is 1. The van der Waals surface area contributed by atoms with E-state index < -0.39 is 20.9 Å². The molecule has 29 heavy (non-hydrogen) atoms. The molecule has 10 heteroatoms. The zero-order valence-corrected chi connectivity index (χ0v) is 16.9. The van der Waals surface area contributed by atoms with E-state index in [0.717, 1.165) is 0 Å². The first kappa shape index (κ1) is 20.5. The number of hydrogen-bond acceptors (Lipinski definition) is 6. The van der Waals surface area contributed by atoms with Crippen LogP contribution in [0.25, 0.3) is 0 Å². The van der Waals surface area contributed by atoms with Crippen LogP contribution in [0.2, 0.25) is 0 Å². The molecular formula is C19H20N4O5S. The Morgan fingerprint density at radius 2 is 1.97 bits per heavy atom. The van der Waals surface area contributed by atoms with Gasteiger partial charge in [0, 0.05) is 29.9 Å². The van der Waals surface area contributed by atoms with Gasteiger partial charge in [0.1, 0.15) is 10.7 Å². The lowest BCUT2D eigenvalue weighted by atomic mass is 10.1. The number of rotatable bonds is 5. The number of carbonyl (C=O) groups excluding carboxylic acids is 1. The summed E-state index contributed by atoms with van der Waals surface area (Å²) in [4.78, 5) is 24.7. The second kappa shape index (κ2) is 7.63. The minimum Gasteiger partial charge on any atom is -0.328 e. The van der Waals surface area contributed by atoms with Gasteiger partial charge in [-0.3, -0.25) is 14.9 Å². The monoisotopic (exact) mass is 416 g/mol. The van der Waals surface area contributed by atoms with Gasteiger partial charge in [0.15, 0.2) is 0 Å². The van der Waals surface area contributed by atoms with E-state index in [1.807, 2.05) is 18.7 Å². The standard InChI is InChI=1S/C19H20N4O5S/c1-12(2)11-22-13(3)21-29(27,28)18-9-14(7-8-17(18)22)19(24)20-15-5-4-6-16(10-15)23(25)26/h4-10,12H,11H2,1-3H3,(H,20,24). The SMILES string of the molecule is CC1=NS(=O)(=O)c2cc(C(=O)Nc3cccc([N+](=O)[O-])c3)ccc2N1CC(C)C. The van der Waals surface area contributed by atoms with Crippen molar-refractivity contribution in [2.75, 3.05) is 16.8 Å². The summed E-state index contributed by atoms with van der Waals surface area (Å²) in [5.41, 5.74) is 0.654. The third-order valence-corrected chi connectivity index (χ3v) is 5.68. The molecule has 9 nitrogen and oxygen atoms in total. The van der Waals surface area contributed by atoms with Crippen molar-refractivity contribution in [3.05, 3.63) is 58.1 Å². The van der Waals surface area contributed by atoms with Crippen LogP contribution in [-0.4, -0.2) is 31.6 Å². The second-order valence-corrected chi connectivity index (χ2v) is 8.63. The summed E-state index contributed by atoms with van der Waals surface area (Å²) in [6.07, 6.45) is 0. The number of nitro benzene ring substituents is 1. The van der Waals surface area contributed by atoms with Crippen molar-refractivity contribution in [2.24, 2.45) is 10.3 Å². The maximum absolute atomic E-state index is 12.6. The third kappa shape index (κ3) is 4.27. The fraction of sp³-hybridized carbons (Fsp3) is 0.263. The highest BCUT2D eigenvalue weighted by Crippen LogP contribution is 2.33. The van der Waals surface area contributed by atoms with Crippen molar-refractivity contribution in [1.82, 2.24) is 0 Å². The lowest BCUT2D eigenvalue weighted by Crippen LogP contribution is -2.36. The fourth-order valence-electron chi connectivity index (χ4n) is 3.03. The van der Waals surface area contributed by atoms with E-state index in [1.54, 1.807) is 13.0 Å². The van der Waals surface area contributed by atoms with Gasteiger partial charge in [-0.2, -0.15) is 8.42 Å². The van der Waals surface area contributed by atoms with Crippen molar-refractivity contribution in [1.29, 1.82) is 0 Å². The number of non-ortho nitro benzene ring substituents is 1. The minimum absolute atomic E-state index is 0.0459. The molecule has 1 aliphatic rings. The minimum atomic E-state index is -3.93. The zero-order valence-electron chi connectivity index (χ0n) is 16.1. The van der Waals surface area contributed by atoms with E-state index in [4.69, 9.17) is 0 Å². The number of anilines is 2. The van der Waals surface area contributed by atoms with Gasteiger partial charge in [-0.15, -0.1) is 4.40 Å². The molecule has 2 aromatic carbocycles. The van der Waals surface area contributed by atoms with Gasteiger partial charge in [0.05, 0.1) is 10.6 Å². The van der Waals surface area contributed by atoms with Crippen molar-refractivity contribution >= 4 is 38.8 Å². The number of amidine groups is 1. The second-order valence-electron chi connectivity index (χ2n) is 7.06. The lowest BCUT2D eigenvalue weighted by molar-refractivity contribution is -0.384. The normalized spacial score (nSPS) is 14.9. The van der Waals surface area contributed by atoms with Crippen LogP contribution in [0, 0.1) is 16.0 Å². The van der Waals surface area contributed by atoms with Gasteiger partial charge in [0.2, 0.25) is 0 Å². The molecule has 0 saturated carbocycles. The fourth-order valence-corrected chi connectivity index (χ4v) is 4.29. The van der Waals surface area contributed by atoms with Crippen LogP contribution in [0.4, 0.5) is 17.1 Å². The predicted molar refractivity (Wildman–Crippen MR) is 110 cm³/mol. The van der Waals surface area contributed by atoms with E-state index in [9.17, 15) is 23.3 Å². The number of nitrogens with zero attached hydrogens (tertiary/aromatic N) is 3. The topological polar surface area (TPSA) is 122 Å². The molecule has 0 bridgehead atoms. The molecule has 1 N–H and O–H groups in total. The molecule has 0 atom stereocenters. The van der Waals surface area contributed by atoms with Gasteiger partial charge >= 0.3 is 0 Å². The number of benzene rings is 2. The van der Waals surface area contributed by atoms with Crippen LogP contribution in [0.1, 0.15) is 31.1 Å². The van der Waals surface area contributed by atoms with E-state index in [2.05, 4.69) is 9.71 Å². The Morgan fingerprint density at radius 1 is 1.24 bits per heavy atom. The maximum Gasteiger partial charge on any atom is 0.286 e. The smallest absolute Gasteiger partial charge is 0.286 e. The molecule has 0 spiro atoms. The summed E-state index contributed by atoms with van der Waals surface area (Å²) < 4.78 is 28.9. The Bertz CT molecular complexity index is 1130. The molecule has 0 aromatic heterocycles. The molecule has 0 unspecified atom stereocenters. The number of sulfonamides is 1. The van der Waals surface area contributed by atoms with E-state index in [1.165, 1.54) is 36.4 Å². The Balaban J connectivity index is 1.95. The van der Waals surface area contributed by atoms with Crippen molar-refractivity contribution in [3.63, 3.8) is 0 Å². The Hall–Kier alpha value is -3.27. The van der Waals surface area contributed by atoms with E-state index >= 15 is 0 Å². The van der Waals surface area contributed by atoms with Gasteiger partial charge in [0.25, 0.3) is 21.6 Å². The molecule has 0 saturated heterocycles. The number of carbonyl (C=O) groups is 1. The number of fused-ring (bicyclic) bond motifs is 1. The molecule has 0 aliphatic carbocycles. The highest BCUT2D eigenvalue weighted by atomic mass is 32.2. The van der Waals surface area contributed by atoms with Gasteiger partial charge < -0.3 is 10.2 Å². The first-order valence-corrected chi connectivity index (χ1v) is 10.3. The molecule has 0 radical (unpaired) electrons. The lowest BCUT2D eigenvalue weighted by Gasteiger charge is -2.30. The number of amides is 1. The highest BCUT2D eigenvalue weighted by molar-refractivity contribution is 7.90. The summed E-state index contributed by atoms with van der Waals surface area (Å²) in [5, 5.41) is 13.4. The summed E-state index contributed by atoms with van der Waals surface area (Å²) in [5.74, 6) is 0.0656. The predicted octanol–water partition coefficient (Wildman–Crippen LogP) is 3.43. The molecule has 1 heterocycles. The molecule has 2 aromatic rings. The molecular weight excluding hydrogens is 396 g/mol. The quantitative estimate of drug-likeness (QED) is 0.588. The average molecular weight is 416 g/mol. The van der Waals surface area contributed by atoms with E-state index in [0.29, 0.717) is 18.1 Å². The zero-order chi connectivity index (χ0) is 21.3.